The van der Waals surface area contributed by atoms with Crippen LogP contribution < -0.4 is 0 Å². The molecule has 2 aliphatic heterocycles. The van der Waals surface area contributed by atoms with Crippen molar-refractivity contribution in [2.45, 2.75) is 64.6 Å². The van der Waals surface area contributed by atoms with Crippen LogP contribution in [0.15, 0.2) is 0 Å². The highest BCUT2D eigenvalue weighted by Crippen LogP contribution is 2.24. The summed E-state index contributed by atoms with van der Waals surface area (Å²) in [5.41, 5.74) is -0.460. The summed E-state index contributed by atoms with van der Waals surface area (Å²) in [5, 5.41) is 0. The van der Waals surface area contributed by atoms with Crippen molar-refractivity contribution < 1.29 is 19.1 Å². The van der Waals surface area contributed by atoms with E-state index in [0.29, 0.717) is 31.5 Å². The maximum Gasteiger partial charge on any atom is 0.410 e. The predicted octanol–water partition coefficient (Wildman–Crippen LogP) is 2.66. The fourth-order valence-electron chi connectivity index (χ4n) is 3.36. The van der Waals surface area contributed by atoms with E-state index in [-0.39, 0.29) is 12.0 Å². The number of hydrogen-bond acceptors (Lipinski definition) is 4. The van der Waals surface area contributed by atoms with Gasteiger partial charge in [0.2, 0.25) is 5.91 Å². The highest BCUT2D eigenvalue weighted by atomic mass is 16.6. The fourth-order valence-corrected chi connectivity index (χ4v) is 3.36. The number of rotatable bonds is 3. The Kier molecular flexibility index (Phi) is 6.49. The maximum atomic E-state index is 12.4. The summed E-state index contributed by atoms with van der Waals surface area (Å²) in [5.74, 6) is 0.622. The number of carbonyl (C=O) groups is 2. The topological polar surface area (TPSA) is 59.1 Å². The van der Waals surface area contributed by atoms with Gasteiger partial charge in [-0.25, -0.2) is 4.79 Å². The molecule has 0 saturated carbocycles. The Morgan fingerprint density at radius 3 is 2.00 bits per heavy atom. The van der Waals surface area contributed by atoms with E-state index < -0.39 is 5.60 Å². The molecule has 6 nitrogen and oxygen atoms in total. The van der Waals surface area contributed by atoms with Crippen molar-refractivity contribution in [2.24, 2.45) is 5.92 Å². The van der Waals surface area contributed by atoms with Crippen LogP contribution >= 0.6 is 0 Å². The lowest BCUT2D eigenvalue weighted by atomic mass is 9.92. The Morgan fingerprint density at radius 1 is 0.958 bits per heavy atom. The Balaban J connectivity index is 1.71. The number of likely N-dealkylation sites (tertiary alicyclic amines) is 2. The number of piperidine rings is 2. The first kappa shape index (κ1) is 19.0. The number of hydrogen-bond donors (Lipinski definition) is 0. The number of carbonyl (C=O) groups excluding carboxylic acids is 2. The van der Waals surface area contributed by atoms with Gasteiger partial charge in [0.05, 0.1) is 6.10 Å². The van der Waals surface area contributed by atoms with E-state index in [1.807, 2.05) is 25.7 Å². The van der Waals surface area contributed by atoms with Crippen LogP contribution in [-0.2, 0) is 14.3 Å². The minimum Gasteiger partial charge on any atom is -0.444 e. The van der Waals surface area contributed by atoms with Crippen LogP contribution in [0.3, 0.4) is 0 Å². The van der Waals surface area contributed by atoms with E-state index in [0.717, 1.165) is 38.8 Å². The van der Waals surface area contributed by atoms with Crippen LogP contribution in [-0.4, -0.2) is 66.8 Å². The fraction of sp³-hybridized carbons (Fsp3) is 0.889. The standard InChI is InChI=1S/C18H32N2O4/c1-18(2,3)24-17(22)20-9-5-14(6-10-20)13-16(21)19-11-7-15(23-4)8-12-19/h14-15H,5-13H2,1-4H3. The molecule has 0 unspecified atom stereocenters. The predicted molar refractivity (Wildman–Crippen MR) is 91.8 cm³/mol. The zero-order chi connectivity index (χ0) is 17.7. The van der Waals surface area contributed by atoms with Crippen LogP contribution in [0, 0.1) is 5.92 Å². The molecule has 2 rings (SSSR count). The van der Waals surface area contributed by atoms with Gasteiger partial charge in [0.25, 0.3) is 0 Å². The summed E-state index contributed by atoms with van der Waals surface area (Å²) >= 11 is 0. The van der Waals surface area contributed by atoms with Crippen LogP contribution in [0.2, 0.25) is 0 Å². The molecule has 0 aromatic heterocycles. The number of amides is 2. The maximum absolute atomic E-state index is 12.4. The first-order valence-electron chi connectivity index (χ1n) is 9.07. The zero-order valence-corrected chi connectivity index (χ0v) is 15.5. The van der Waals surface area contributed by atoms with E-state index in [2.05, 4.69) is 0 Å². The summed E-state index contributed by atoms with van der Waals surface area (Å²) in [6, 6.07) is 0. The molecular weight excluding hydrogens is 308 g/mol. The molecule has 0 spiro atoms. The van der Waals surface area contributed by atoms with E-state index >= 15 is 0 Å². The van der Waals surface area contributed by atoms with Crippen molar-refractivity contribution in [1.82, 2.24) is 9.80 Å². The zero-order valence-electron chi connectivity index (χ0n) is 15.5. The second-order valence-electron chi connectivity index (χ2n) is 7.93. The van der Waals surface area contributed by atoms with E-state index in [1.165, 1.54) is 0 Å². The summed E-state index contributed by atoms with van der Waals surface area (Å²) in [6.07, 6.45) is 4.26. The highest BCUT2D eigenvalue weighted by Gasteiger charge is 2.29. The smallest absolute Gasteiger partial charge is 0.410 e. The lowest BCUT2D eigenvalue weighted by Gasteiger charge is -2.35. The molecule has 2 fully saturated rings. The lowest BCUT2D eigenvalue weighted by Crippen LogP contribution is -2.44. The summed E-state index contributed by atoms with van der Waals surface area (Å²) < 4.78 is 10.8. The molecule has 2 amide bonds. The normalized spacial score (nSPS) is 21.0. The molecule has 24 heavy (non-hydrogen) atoms. The third kappa shape index (κ3) is 5.65. The second kappa shape index (κ2) is 8.19. The van der Waals surface area contributed by atoms with Gasteiger partial charge < -0.3 is 19.3 Å². The quantitative estimate of drug-likeness (QED) is 0.792. The van der Waals surface area contributed by atoms with Crippen molar-refractivity contribution in [2.75, 3.05) is 33.3 Å². The van der Waals surface area contributed by atoms with Crippen LogP contribution in [0.25, 0.3) is 0 Å². The highest BCUT2D eigenvalue weighted by molar-refractivity contribution is 5.76. The van der Waals surface area contributed by atoms with E-state index in [9.17, 15) is 9.59 Å². The Labute approximate surface area is 145 Å². The molecule has 0 atom stereocenters. The van der Waals surface area contributed by atoms with Gasteiger partial charge >= 0.3 is 6.09 Å². The molecule has 0 N–H and O–H groups in total. The second-order valence-corrected chi connectivity index (χ2v) is 7.93. The minimum absolute atomic E-state index is 0.242. The Morgan fingerprint density at radius 2 is 1.50 bits per heavy atom. The molecule has 2 heterocycles. The molecule has 0 radical (unpaired) electrons. The van der Waals surface area contributed by atoms with Gasteiger partial charge in [0, 0.05) is 39.7 Å². The molecular formula is C18H32N2O4. The van der Waals surface area contributed by atoms with Crippen molar-refractivity contribution >= 4 is 12.0 Å². The number of nitrogens with zero attached hydrogens (tertiary/aromatic N) is 2. The van der Waals surface area contributed by atoms with E-state index in [4.69, 9.17) is 9.47 Å². The lowest BCUT2D eigenvalue weighted by molar-refractivity contribution is -0.134. The van der Waals surface area contributed by atoms with Gasteiger partial charge in [0.1, 0.15) is 5.60 Å². The van der Waals surface area contributed by atoms with Crippen molar-refractivity contribution in [1.29, 1.82) is 0 Å². The Bertz CT molecular complexity index is 431. The van der Waals surface area contributed by atoms with Crippen molar-refractivity contribution in [3.63, 3.8) is 0 Å². The van der Waals surface area contributed by atoms with Gasteiger partial charge in [-0.15, -0.1) is 0 Å². The van der Waals surface area contributed by atoms with Crippen LogP contribution in [0.1, 0.15) is 52.9 Å². The molecule has 138 valence electrons. The molecule has 2 aliphatic rings. The van der Waals surface area contributed by atoms with Crippen LogP contribution in [0.4, 0.5) is 4.79 Å². The van der Waals surface area contributed by atoms with Crippen LogP contribution in [0.5, 0.6) is 0 Å². The molecule has 0 bridgehead atoms. The number of ether oxygens (including phenoxy) is 2. The SMILES string of the molecule is COC1CCN(C(=O)CC2CCN(C(=O)OC(C)(C)C)CC2)CC1. The first-order chi connectivity index (χ1) is 11.3. The van der Waals surface area contributed by atoms with E-state index in [1.54, 1.807) is 12.0 Å². The van der Waals surface area contributed by atoms with Gasteiger partial charge in [0.15, 0.2) is 0 Å². The minimum atomic E-state index is -0.460. The van der Waals surface area contributed by atoms with Gasteiger partial charge in [-0.2, -0.15) is 0 Å². The summed E-state index contributed by atoms with van der Waals surface area (Å²) in [4.78, 5) is 28.2. The van der Waals surface area contributed by atoms with Gasteiger partial charge in [-0.05, 0) is 52.4 Å². The molecule has 0 aliphatic carbocycles. The third-order valence-electron chi connectivity index (χ3n) is 4.86. The summed E-state index contributed by atoms with van der Waals surface area (Å²) in [7, 11) is 1.74. The molecule has 0 aromatic rings. The van der Waals surface area contributed by atoms with Crippen molar-refractivity contribution in [3.8, 4) is 0 Å². The third-order valence-corrected chi connectivity index (χ3v) is 4.86. The average Bonchev–Trinajstić information content (AvgIpc) is 2.54. The molecule has 2 saturated heterocycles. The summed E-state index contributed by atoms with van der Waals surface area (Å²) in [6.45, 7) is 8.59. The molecule has 0 aromatic carbocycles. The average molecular weight is 340 g/mol. The van der Waals surface area contributed by atoms with Crippen molar-refractivity contribution in [3.05, 3.63) is 0 Å². The Hall–Kier alpha value is -1.30. The first-order valence-corrected chi connectivity index (χ1v) is 9.07. The largest absolute Gasteiger partial charge is 0.444 e. The van der Waals surface area contributed by atoms with Gasteiger partial charge in [-0.1, -0.05) is 0 Å². The number of methoxy groups -OCH3 is 1. The molecule has 6 heteroatoms. The van der Waals surface area contributed by atoms with Gasteiger partial charge in [-0.3, -0.25) is 4.79 Å². The monoisotopic (exact) mass is 340 g/mol.